The van der Waals surface area contributed by atoms with E-state index in [-0.39, 0.29) is 0 Å². The number of nitrogens with zero attached hydrogens (tertiary/aromatic N) is 3. The van der Waals surface area contributed by atoms with Crippen molar-refractivity contribution in [3.63, 3.8) is 0 Å². The Kier molecular flexibility index (Phi) is 6.91. The molecule has 0 radical (unpaired) electrons. The van der Waals surface area contributed by atoms with Crippen molar-refractivity contribution in [1.29, 1.82) is 0 Å². The van der Waals surface area contributed by atoms with E-state index < -0.39 is 0 Å². The van der Waals surface area contributed by atoms with E-state index in [1.165, 1.54) is 0 Å². The molecule has 0 aliphatic rings. The van der Waals surface area contributed by atoms with E-state index in [0.717, 1.165) is 11.3 Å². The normalized spacial score (nSPS) is 11.2. The highest BCUT2D eigenvalue weighted by atomic mass is 35.5. The van der Waals surface area contributed by atoms with Gasteiger partial charge in [-0.2, -0.15) is 4.98 Å². The Hall–Kier alpha value is -3.26. The molecule has 0 bridgehead atoms. The third-order valence-corrected chi connectivity index (χ3v) is 4.32. The van der Waals surface area contributed by atoms with E-state index >= 15 is 0 Å². The molecule has 9 heteroatoms. The van der Waals surface area contributed by atoms with Crippen LogP contribution in [0.3, 0.4) is 0 Å². The van der Waals surface area contributed by atoms with Crippen molar-refractivity contribution >= 4 is 23.2 Å². The van der Waals surface area contributed by atoms with E-state index in [1.807, 2.05) is 30.3 Å². The lowest BCUT2D eigenvalue weighted by molar-refractivity contribution is 0.355. The van der Waals surface area contributed by atoms with Gasteiger partial charge in [0.05, 0.1) is 14.2 Å². The predicted molar refractivity (Wildman–Crippen MR) is 113 cm³/mol. The summed E-state index contributed by atoms with van der Waals surface area (Å²) in [5, 5.41) is 11.1. The van der Waals surface area contributed by atoms with Gasteiger partial charge in [-0.3, -0.25) is 4.99 Å². The molecule has 0 amide bonds. The van der Waals surface area contributed by atoms with E-state index in [1.54, 1.807) is 33.4 Å². The molecule has 0 aliphatic heterocycles. The van der Waals surface area contributed by atoms with Gasteiger partial charge in [-0.1, -0.05) is 16.8 Å². The number of halogens is 1. The van der Waals surface area contributed by atoms with Gasteiger partial charge < -0.3 is 24.6 Å². The number of benzene rings is 2. The lowest BCUT2D eigenvalue weighted by Crippen LogP contribution is -2.32. The third kappa shape index (κ3) is 5.39. The summed E-state index contributed by atoms with van der Waals surface area (Å²) in [6, 6.07) is 12.8. The maximum absolute atomic E-state index is 5.90. The van der Waals surface area contributed by atoms with Crippen LogP contribution in [-0.4, -0.2) is 43.9 Å². The Balaban J connectivity index is 1.55. The molecule has 3 aromatic rings. The molecule has 0 fully saturated rings. The molecule has 0 saturated carbocycles. The fraction of sp³-hybridized carbons (Fsp3) is 0.250. The van der Waals surface area contributed by atoms with Crippen molar-refractivity contribution in [1.82, 2.24) is 15.5 Å². The maximum atomic E-state index is 5.90. The average molecular weight is 416 g/mol. The quantitative estimate of drug-likeness (QED) is 0.449. The molecule has 0 aliphatic carbocycles. The first-order valence-corrected chi connectivity index (χ1v) is 9.29. The first-order chi connectivity index (χ1) is 14.1. The Labute approximate surface area is 173 Å². The summed E-state index contributed by atoms with van der Waals surface area (Å²) in [6.45, 7) is 0.565. The lowest BCUT2D eigenvalue weighted by atomic mass is 10.2. The van der Waals surface area contributed by atoms with Crippen LogP contribution in [0, 0.1) is 0 Å². The Morgan fingerprint density at radius 2 is 1.86 bits per heavy atom. The number of aromatic nitrogens is 2. The molecular weight excluding hydrogens is 394 g/mol. The molecule has 2 N–H and O–H groups in total. The number of methoxy groups -OCH3 is 2. The molecule has 8 nitrogen and oxygen atoms in total. The summed E-state index contributed by atoms with van der Waals surface area (Å²) in [6.07, 6.45) is 0.549. The fourth-order valence-electron chi connectivity index (χ4n) is 2.59. The van der Waals surface area contributed by atoms with Gasteiger partial charge in [0.2, 0.25) is 11.7 Å². The summed E-state index contributed by atoms with van der Waals surface area (Å²) < 4.78 is 15.9. The number of guanidine groups is 1. The maximum Gasteiger partial charge on any atom is 0.228 e. The highest BCUT2D eigenvalue weighted by Crippen LogP contribution is 2.29. The molecule has 29 heavy (non-hydrogen) atoms. The summed E-state index contributed by atoms with van der Waals surface area (Å²) in [7, 11) is 4.89. The molecule has 2 aromatic carbocycles. The van der Waals surface area contributed by atoms with Crippen LogP contribution in [0.2, 0.25) is 5.02 Å². The van der Waals surface area contributed by atoms with Gasteiger partial charge in [0.1, 0.15) is 0 Å². The van der Waals surface area contributed by atoms with Crippen LogP contribution in [0.5, 0.6) is 11.5 Å². The summed E-state index contributed by atoms with van der Waals surface area (Å²) in [5.74, 6) is 2.96. The van der Waals surface area contributed by atoms with Crippen LogP contribution in [0.4, 0.5) is 5.69 Å². The van der Waals surface area contributed by atoms with Gasteiger partial charge in [0.25, 0.3) is 0 Å². The number of hydrogen-bond acceptors (Lipinski definition) is 6. The number of ether oxygens (including phenoxy) is 2. The van der Waals surface area contributed by atoms with Crippen LogP contribution in [0.25, 0.3) is 11.4 Å². The van der Waals surface area contributed by atoms with Crippen LogP contribution in [0.15, 0.2) is 52.0 Å². The first kappa shape index (κ1) is 20.5. The molecule has 0 unspecified atom stereocenters. The molecule has 0 atom stereocenters. The number of rotatable bonds is 7. The van der Waals surface area contributed by atoms with Crippen molar-refractivity contribution < 1.29 is 14.0 Å². The van der Waals surface area contributed by atoms with E-state index in [2.05, 4.69) is 25.8 Å². The topological polar surface area (TPSA) is 93.8 Å². The first-order valence-electron chi connectivity index (χ1n) is 8.91. The highest BCUT2D eigenvalue weighted by Gasteiger charge is 2.10. The van der Waals surface area contributed by atoms with Gasteiger partial charge in [-0.15, -0.1) is 0 Å². The molecule has 1 aromatic heterocycles. The number of aliphatic imine (C=N–C) groups is 1. The minimum absolute atomic E-state index is 0.531. The van der Waals surface area contributed by atoms with Gasteiger partial charge in [0, 0.05) is 42.4 Å². The van der Waals surface area contributed by atoms with Gasteiger partial charge in [-0.05, 0) is 36.4 Å². The molecule has 1 heterocycles. The van der Waals surface area contributed by atoms with Crippen LogP contribution < -0.4 is 20.1 Å². The number of hydrogen-bond donors (Lipinski definition) is 2. The third-order valence-electron chi connectivity index (χ3n) is 4.07. The standard InChI is InChI=1S/C20H22ClN5O3/c1-22-20(24-15-8-9-16(27-2)17(12-15)28-3)23-11-10-18-25-19(26-29-18)13-4-6-14(21)7-5-13/h4-9,12H,10-11H2,1-3H3,(H2,22,23,24). The zero-order chi connectivity index (χ0) is 20.6. The van der Waals surface area contributed by atoms with E-state index in [0.29, 0.717) is 47.2 Å². The summed E-state index contributed by atoms with van der Waals surface area (Å²) >= 11 is 5.90. The second kappa shape index (κ2) is 9.79. The van der Waals surface area contributed by atoms with Crippen LogP contribution in [0.1, 0.15) is 5.89 Å². The van der Waals surface area contributed by atoms with E-state index in [4.69, 9.17) is 25.6 Å². The molecular formula is C20H22ClN5O3. The van der Waals surface area contributed by atoms with Crippen molar-refractivity contribution in [2.24, 2.45) is 4.99 Å². The molecule has 0 saturated heterocycles. The van der Waals surface area contributed by atoms with Gasteiger partial charge in [-0.25, -0.2) is 0 Å². The zero-order valence-corrected chi connectivity index (χ0v) is 17.2. The Morgan fingerprint density at radius 3 is 2.55 bits per heavy atom. The largest absolute Gasteiger partial charge is 0.493 e. The Morgan fingerprint density at radius 1 is 1.10 bits per heavy atom. The van der Waals surface area contributed by atoms with Crippen LogP contribution in [-0.2, 0) is 6.42 Å². The minimum atomic E-state index is 0.531. The van der Waals surface area contributed by atoms with Crippen molar-refractivity contribution in [3.8, 4) is 22.9 Å². The molecule has 3 rings (SSSR count). The lowest BCUT2D eigenvalue weighted by Gasteiger charge is -2.13. The second-order valence-electron chi connectivity index (χ2n) is 5.96. The number of nitrogens with one attached hydrogen (secondary N) is 2. The Bertz CT molecular complexity index is 973. The highest BCUT2D eigenvalue weighted by molar-refractivity contribution is 6.30. The summed E-state index contributed by atoms with van der Waals surface area (Å²) in [4.78, 5) is 8.62. The van der Waals surface area contributed by atoms with Gasteiger partial charge >= 0.3 is 0 Å². The summed E-state index contributed by atoms with van der Waals surface area (Å²) in [5.41, 5.74) is 1.67. The predicted octanol–water partition coefficient (Wildman–Crippen LogP) is 3.64. The van der Waals surface area contributed by atoms with Crippen molar-refractivity contribution in [2.75, 3.05) is 33.1 Å². The fourth-order valence-corrected chi connectivity index (χ4v) is 2.72. The van der Waals surface area contributed by atoms with Crippen molar-refractivity contribution in [2.45, 2.75) is 6.42 Å². The minimum Gasteiger partial charge on any atom is -0.493 e. The van der Waals surface area contributed by atoms with Crippen molar-refractivity contribution in [3.05, 3.63) is 53.4 Å². The van der Waals surface area contributed by atoms with Crippen LogP contribution >= 0.6 is 11.6 Å². The second-order valence-corrected chi connectivity index (χ2v) is 6.40. The zero-order valence-electron chi connectivity index (χ0n) is 16.4. The SMILES string of the molecule is CN=C(NCCc1nc(-c2ccc(Cl)cc2)no1)Nc1ccc(OC)c(OC)c1. The van der Waals surface area contributed by atoms with Gasteiger partial charge in [0.15, 0.2) is 17.5 Å². The molecule has 0 spiro atoms. The van der Waals surface area contributed by atoms with E-state index in [9.17, 15) is 0 Å². The average Bonchev–Trinajstić information content (AvgIpc) is 3.22. The monoisotopic (exact) mass is 415 g/mol. The number of anilines is 1. The molecule has 152 valence electrons. The smallest absolute Gasteiger partial charge is 0.228 e.